The minimum atomic E-state index is -1.01. The van der Waals surface area contributed by atoms with Crippen LogP contribution in [0.2, 0.25) is 0 Å². The number of alkyl halides is 2. The number of rotatable bonds is 22. The number of halogens is 3. The zero-order valence-electron chi connectivity index (χ0n) is 80.9. The number of pyridine rings is 6. The molecule has 6 aromatic heterocycles. The summed E-state index contributed by atoms with van der Waals surface area (Å²) in [4.78, 5) is 186. The number of Topliss-reactive ketones (excluding diaryl/α,β-unsaturated/α-hetero) is 3. The molecule has 50 heteroatoms. The van der Waals surface area contributed by atoms with E-state index in [0.717, 1.165) is 83.9 Å². The summed E-state index contributed by atoms with van der Waals surface area (Å²) in [6.45, 7) is 29.4. The Balaban J connectivity index is -0.000000198. The molecule has 6 aliphatic carbocycles. The van der Waals surface area contributed by atoms with Gasteiger partial charge in [-0.25, -0.2) is 4.79 Å². The van der Waals surface area contributed by atoms with E-state index in [1.807, 2.05) is 18.3 Å². The fourth-order valence-corrected chi connectivity index (χ4v) is 16.0. The second kappa shape index (κ2) is 77.6. The molecule has 1 saturated carbocycles. The fourth-order valence-electron chi connectivity index (χ4n) is 14.8. The fraction of sp³-hybridized carbons (Fsp3) is 0.462. The van der Waals surface area contributed by atoms with E-state index in [9.17, 15) is 87.9 Å². The Kier molecular flexibility index (Phi) is 85.8. The first-order chi connectivity index (χ1) is 61.9. The van der Waals surface area contributed by atoms with E-state index in [1.165, 1.54) is 87.2 Å². The smallest absolute Gasteiger partial charge is 0.870 e. The molecule has 0 spiro atoms. The van der Waals surface area contributed by atoms with Crippen molar-refractivity contribution in [2.45, 2.75) is 163 Å². The Morgan fingerprint density at radius 1 is 0.496 bits per heavy atom. The molecule has 7 amide bonds. The van der Waals surface area contributed by atoms with Crippen molar-refractivity contribution < 1.29 is 342 Å². The summed E-state index contributed by atoms with van der Waals surface area (Å²) < 4.78 is 1.91. The van der Waals surface area contributed by atoms with Crippen molar-refractivity contribution in [3.63, 3.8) is 0 Å². The monoisotopic (exact) mass is 2730 g/mol. The van der Waals surface area contributed by atoms with E-state index in [2.05, 4.69) is 171 Å². The molecule has 0 aliphatic heterocycles. The van der Waals surface area contributed by atoms with Crippen LogP contribution in [0.15, 0.2) is 78.4 Å². The van der Waals surface area contributed by atoms with Crippen LogP contribution < -0.4 is 40.9 Å². The number of anilines is 1. The number of carboxylic acids is 1. The quantitative estimate of drug-likeness (QED) is 0.0108. The van der Waals surface area contributed by atoms with E-state index in [4.69, 9.17) is 21.2 Å². The number of aromatic carboxylic acids is 1. The Morgan fingerprint density at radius 3 is 1.10 bits per heavy atom. The van der Waals surface area contributed by atoms with E-state index < -0.39 is 70.2 Å². The molecule has 0 saturated heterocycles. The van der Waals surface area contributed by atoms with Gasteiger partial charge in [0, 0.05) is 343 Å². The molecule has 141 heavy (non-hydrogen) atoms. The van der Waals surface area contributed by atoms with E-state index >= 15 is 0 Å². The van der Waals surface area contributed by atoms with Crippen molar-refractivity contribution >= 4 is 142 Å². The summed E-state index contributed by atoms with van der Waals surface area (Å²) in [7, 11) is 12.7. The van der Waals surface area contributed by atoms with Crippen molar-refractivity contribution in [3.05, 3.63) is 271 Å². The number of aliphatic hydroxyl groups excluding tert-OH is 1. The number of nitro groups is 3. The summed E-state index contributed by atoms with van der Waals surface area (Å²) >= 11 is 8.43. The van der Waals surface area contributed by atoms with Crippen molar-refractivity contribution in [1.82, 2.24) is 29.5 Å². The standard InChI is InChI=1S/C14H17N2O2.C13H15N2O3.C12H14IN2O.C12H14N3O3.C12H16N3O.C9H14NO2.C6H5N3O5.C5H10NO.C4H6Br2O.C2H3N.CH4O.CH4.Na.H2O.7Y/c1-4-14(13(18)15-3)6-10-5-11(9(2)17)8-16-12(10)7-14;1-3-13(12(18)14-2)5-8-4-9(11(16)17)7-15-10(8)6-13;1-3-12(11(16)14-2)5-8-4-9(13)7-15-10(8)6-12;1-3-12(11(16)13-2)5-8-4-9(15(17)18)7-14-10(8)6-12;1-3-12(11(16)14-2)5-8-4-9(13)7-15-10(8)6-12;1-3-9(8(12)10-2)5-4-7(11)6-9;1-7-3-4(8(11)12)2-5(6(7)10)9(13)14;1-3-4-5(7)6-2;5-2-1-4(7)3-6;1-2-3;1-2;;;;;;;;;;/h5,8H,1,4,6-7H2,2-3H3,(H,15,18);4,7H,1,3,5-6H2,2H3,(H2,14,16,17,18);4,7H,1,3,5-6H2,2H3,(H,14,16);4,7H,1,3,5-6H2,2H3,(H,13,16);4,7H,1,3,5-6,13H2,2H3,(H,14,16);1,3-6H2,2H3,(H,10,12);2-3H,1H3;1,3-4H2,2H3,(H,6,7);1-3H2;1H3;2H,1H3;1H4;;1H2;;;;;;;/q6*-1;;-1;;;;;+1;;;;;;;;/p-8. The number of amides is 7. The van der Waals surface area contributed by atoms with Crippen LogP contribution in [0.3, 0.4) is 0 Å². The first-order valence-electron chi connectivity index (χ1n) is 40.5. The van der Waals surface area contributed by atoms with Gasteiger partial charge in [-0.15, -0.1) is 49.3 Å². The minimum Gasteiger partial charge on any atom is -0.870 e. The van der Waals surface area contributed by atoms with Crippen LogP contribution in [0.1, 0.15) is 175 Å². The third-order valence-corrected chi connectivity index (χ3v) is 23.9. The Labute approximate surface area is 1050 Å². The van der Waals surface area contributed by atoms with E-state index in [0.29, 0.717) is 157 Å². The third-order valence-electron chi connectivity index (χ3n) is 22.3. The summed E-state index contributed by atoms with van der Waals surface area (Å²) in [6, 6.07) is 11.3. The molecule has 6 heterocycles. The maximum Gasteiger partial charge on any atom is 1.00 e. The second-order valence-corrected chi connectivity index (χ2v) is 33.2. The van der Waals surface area contributed by atoms with Gasteiger partial charge in [-0.3, -0.25) is 74.4 Å². The van der Waals surface area contributed by atoms with Gasteiger partial charge >= 0.3 is 46.8 Å². The predicted octanol–water partition coefficient (Wildman–Crippen LogP) is 11.7. The molecular weight excluding hydrogens is 2610 g/mol. The summed E-state index contributed by atoms with van der Waals surface area (Å²) in [6.07, 6.45) is 20.4. The average Bonchev–Trinajstić information content (AvgIpc) is 1.66. The van der Waals surface area contributed by atoms with Gasteiger partial charge in [0.25, 0.3) is 11.4 Å². The molecule has 6 aromatic rings. The molecular formula is C91H116Br2IN18NaO21Y7-14. The molecule has 7 radical (unpaired) electrons. The molecule has 753 valence electrons. The Hall–Kier alpha value is -2.70. The number of ketones is 3. The number of carbonyl (C=O) groups is 11. The van der Waals surface area contributed by atoms with E-state index in [1.54, 1.807) is 31.6 Å². The number of carbonyl (C=O) groups excluding carboxylic acids is 10. The number of aliphatic hydroxyl groups is 1. The van der Waals surface area contributed by atoms with Gasteiger partial charge in [-0.1, -0.05) is 39.3 Å². The number of nitrogens with zero attached hydrogens (tertiary/aromatic N) is 17. The van der Waals surface area contributed by atoms with Crippen molar-refractivity contribution in [2.24, 2.45) is 39.5 Å². The van der Waals surface area contributed by atoms with Crippen LogP contribution in [0.25, 0.3) is 37.2 Å². The largest absolute Gasteiger partial charge is 1.00 e. The molecule has 6 aliphatic rings. The average molecular weight is 2730 g/mol. The number of hydrogen-bond acceptors (Lipinski definition) is 27. The second-order valence-electron chi connectivity index (χ2n) is 30.6. The maximum absolute atomic E-state index is 12.0. The molecule has 12 rings (SSSR count). The van der Waals surface area contributed by atoms with E-state index in [-0.39, 0.29) is 341 Å². The van der Waals surface area contributed by atoms with Crippen LogP contribution in [-0.4, -0.2) is 192 Å². The van der Waals surface area contributed by atoms with Crippen LogP contribution >= 0.6 is 54.5 Å². The van der Waals surface area contributed by atoms with Crippen LogP contribution in [0, 0.1) is 126 Å². The van der Waals surface area contributed by atoms with Gasteiger partial charge in [0.2, 0.25) is 0 Å². The zero-order chi connectivity index (χ0) is 99.7. The van der Waals surface area contributed by atoms with Crippen molar-refractivity contribution in [2.75, 3.05) is 72.8 Å². The molecule has 0 aromatic carbocycles. The van der Waals surface area contributed by atoms with Crippen molar-refractivity contribution in [1.29, 1.82) is 5.26 Å². The topological polar surface area (TPSA) is 623 Å². The molecule has 1 fully saturated rings. The number of carboxylic acid groups (broad SMARTS) is 1. The summed E-state index contributed by atoms with van der Waals surface area (Å²) in [5, 5.41) is 81.6. The molecule has 5 N–H and O–H groups in total. The number of aryl methyl sites for hydroxylation is 1. The number of hydrogen-bond donors (Lipinski definition) is 3. The van der Waals surface area contributed by atoms with Crippen LogP contribution in [0.4, 0.5) is 22.7 Å². The molecule has 6 unspecified atom stereocenters. The predicted molar refractivity (Wildman–Crippen MR) is 517 cm³/mol. The Bertz CT molecular complexity index is 4900. The van der Waals surface area contributed by atoms with Gasteiger partial charge in [0.1, 0.15) is 23.8 Å². The van der Waals surface area contributed by atoms with Crippen LogP contribution in [-0.2, 0) is 343 Å². The molecule has 39 nitrogen and oxygen atoms in total. The molecule has 6 atom stereocenters. The van der Waals surface area contributed by atoms with Gasteiger partial charge in [0.05, 0.1) is 85.3 Å². The van der Waals surface area contributed by atoms with Crippen molar-refractivity contribution in [3.8, 4) is 6.07 Å². The van der Waals surface area contributed by atoms with Gasteiger partial charge in [-0.05, 0) is 191 Å². The number of fused-ring (bicyclic) bond motifs is 5. The normalized spacial score (nSPS) is 17.8. The first kappa shape index (κ1) is 156. The number of aromatic nitrogens is 6. The number of nitriles is 1. The third kappa shape index (κ3) is 45.4. The first-order valence-corrected chi connectivity index (χ1v) is 43.8. The minimum absolute atomic E-state index is 0. The summed E-state index contributed by atoms with van der Waals surface area (Å²) in [5.41, 5.74) is 10.7. The summed E-state index contributed by atoms with van der Waals surface area (Å²) in [5.74, 6) is -1.49. The van der Waals surface area contributed by atoms with Crippen LogP contribution in [0.5, 0.6) is 0 Å². The number of nitrogen functional groups attached to an aromatic ring is 1. The molecule has 0 bridgehead atoms. The maximum atomic E-state index is 12.0. The van der Waals surface area contributed by atoms with Gasteiger partial charge in [-0.2, -0.15) is 50.2 Å². The SMILES string of the molecule is C.CC#N.CO.Cn1cc([N+](=O)[O-])cc([N+](=O)[O-])c1=O.O=C(CBr)CCBr.[CH2-]CC1(C(=O)[N-]C)CCC(=O)C1.[CH2-]CC1(C(=O)[N-]C)Cc2cc(C(=O)O)cnc2C1.[CH2-]CC1(C(=O)[N-]C)Cc2cc(C(C)=O)cnc2C1.[CH2-]CC1(C(=O)[N-]C)Cc2cc(I)cnc2C1.[CH2-]CC1(C(=O)[N-]C)Cc2cc(N)cnc2C1.[CH2-]CC1(C(=O)[N-]C)Cc2cc([N+](=O)[O-])cnc2C1.[CH2-]CCC(=O)[N-]C.[Na+].[OH-].[Y].[Y].[Y].[Y].[Y].[Y].[Y]. The van der Waals surface area contributed by atoms with Gasteiger partial charge in [0.15, 0.2) is 5.78 Å². The number of nitrogens with two attached hydrogens (primary N) is 1. The Morgan fingerprint density at radius 2 is 0.816 bits per heavy atom. The van der Waals surface area contributed by atoms with Gasteiger partial charge < -0.3 is 145 Å². The zero-order valence-corrected chi connectivity index (χ0v) is 108.